The van der Waals surface area contributed by atoms with Crippen molar-refractivity contribution in [2.75, 3.05) is 0 Å². The Morgan fingerprint density at radius 1 is 1.42 bits per heavy atom. The lowest BCUT2D eigenvalue weighted by Crippen LogP contribution is -2.33. The van der Waals surface area contributed by atoms with E-state index < -0.39 is 11.2 Å². The molecule has 1 N–H and O–H groups in total. The van der Waals surface area contributed by atoms with Gasteiger partial charge < -0.3 is 0 Å². The second kappa shape index (κ2) is 5.12. The predicted octanol–water partition coefficient (Wildman–Crippen LogP) is 1.67. The van der Waals surface area contributed by atoms with Crippen LogP contribution in [0.5, 0.6) is 0 Å². The van der Waals surface area contributed by atoms with Crippen LogP contribution in [0.15, 0.2) is 40.1 Å². The van der Waals surface area contributed by atoms with Crippen molar-refractivity contribution in [3.8, 4) is 6.07 Å². The number of nitriles is 1. The maximum atomic E-state index is 11.8. The van der Waals surface area contributed by atoms with Gasteiger partial charge in [0, 0.05) is 11.2 Å². The molecular weight excluding hydrogens is 266 g/mol. The average Bonchev–Trinajstić information content (AvgIpc) is 2.38. The van der Waals surface area contributed by atoms with Crippen molar-refractivity contribution in [2.45, 2.75) is 13.0 Å². The molecule has 0 aliphatic rings. The summed E-state index contributed by atoms with van der Waals surface area (Å²) in [4.78, 5) is 25.2. The van der Waals surface area contributed by atoms with E-state index in [2.05, 4.69) is 4.98 Å². The van der Waals surface area contributed by atoms with Gasteiger partial charge in [0.15, 0.2) is 0 Å². The third-order valence-electron chi connectivity index (χ3n) is 2.84. The summed E-state index contributed by atoms with van der Waals surface area (Å²) < 4.78 is 1.30. The molecule has 0 fully saturated rings. The Morgan fingerprint density at radius 2 is 2.16 bits per heavy atom. The molecule has 6 heteroatoms. The number of nitrogens with zero attached hydrogens (tertiary/aromatic N) is 2. The van der Waals surface area contributed by atoms with Gasteiger partial charge in [-0.05, 0) is 24.6 Å². The molecule has 5 nitrogen and oxygen atoms in total. The highest BCUT2D eigenvalue weighted by Gasteiger charge is 2.12. The van der Waals surface area contributed by atoms with Crippen LogP contribution in [0, 0.1) is 11.3 Å². The maximum Gasteiger partial charge on any atom is 0.328 e. The third-order valence-corrected chi connectivity index (χ3v) is 3.07. The zero-order valence-corrected chi connectivity index (χ0v) is 10.8. The summed E-state index contributed by atoms with van der Waals surface area (Å²) >= 11 is 5.90. The number of rotatable bonds is 2. The minimum Gasteiger partial charge on any atom is -0.292 e. The molecule has 0 saturated heterocycles. The summed E-state index contributed by atoms with van der Waals surface area (Å²) in [6.07, 6.45) is 1.26. The first-order valence-electron chi connectivity index (χ1n) is 5.54. The van der Waals surface area contributed by atoms with Gasteiger partial charge in [-0.1, -0.05) is 23.7 Å². The Balaban J connectivity index is 2.57. The van der Waals surface area contributed by atoms with E-state index in [-0.39, 0.29) is 11.6 Å². The second-order valence-electron chi connectivity index (χ2n) is 4.05. The Labute approximate surface area is 113 Å². The van der Waals surface area contributed by atoms with E-state index in [1.54, 1.807) is 31.2 Å². The molecule has 0 spiro atoms. The first kappa shape index (κ1) is 13.1. The Kier molecular flexibility index (Phi) is 3.54. The number of benzene rings is 1. The molecule has 1 aromatic heterocycles. The van der Waals surface area contributed by atoms with E-state index in [1.165, 1.54) is 10.8 Å². The normalized spacial score (nSPS) is 11.8. The van der Waals surface area contributed by atoms with Gasteiger partial charge >= 0.3 is 5.69 Å². The van der Waals surface area contributed by atoms with E-state index in [1.807, 2.05) is 6.07 Å². The first-order valence-corrected chi connectivity index (χ1v) is 5.91. The molecule has 0 saturated carbocycles. The van der Waals surface area contributed by atoms with Crippen LogP contribution < -0.4 is 11.2 Å². The van der Waals surface area contributed by atoms with Gasteiger partial charge in [0.05, 0.1) is 6.04 Å². The third kappa shape index (κ3) is 2.59. The van der Waals surface area contributed by atoms with Crippen molar-refractivity contribution >= 4 is 11.6 Å². The highest BCUT2D eigenvalue weighted by atomic mass is 35.5. The molecule has 1 unspecified atom stereocenters. The number of hydrogen-bond donors (Lipinski definition) is 1. The van der Waals surface area contributed by atoms with Gasteiger partial charge in [-0.25, -0.2) is 4.79 Å². The van der Waals surface area contributed by atoms with Gasteiger partial charge in [-0.2, -0.15) is 5.26 Å². The zero-order valence-electron chi connectivity index (χ0n) is 10.1. The molecule has 1 heterocycles. The average molecular weight is 276 g/mol. The maximum absolute atomic E-state index is 11.8. The van der Waals surface area contributed by atoms with Gasteiger partial charge in [-0.3, -0.25) is 14.3 Å². The number of aromatic nitrogens is 2. The summed E-state index contributed by atoms with van der Waals surface area (Å²) in [5.41, 5.74) is -0.530. The summed E-state index contributed by atoms with van der Waals surface area (Å²) in [6, 6.07) is 8.47. The molecule has 2 aromatic rings. The monoisotopic (exact) mass is 275 g/mol. The Bertz CT molecular complexity index is 770. The van der Waals surface area contributed by atoms with Crippen LogP contribution in [0.3, 0.4) is 0 Å². The summed E-state index contributed by atoms with van der Waals surface area (Å²) in [5, 5.41) is 9.38. The molecule has 96 valence electrons. The fourth-order valence-electron chi connectivity index (χ4n) is 1.78. The summed E-state index contributed by atoms with van der Waals surface area (Å²) in [7, 11) is 0. The Hall–Kier alpha value is -2.32. The molecule has 0 amide bonds. The van der Waals surface area contributed by atoms with Crippen molar-refractivity contribution in [3.63, 3.8) is 0 Å². The van der Waals surface area contributed by atoms with Crippen LogP contribution in [-0.2, 0) is 0 Å². The van der Waals surface area contributed by atoms with E-state index in [0.717, 1.165) is 5.56 Å². The lowest BCUT2D eigenvalue weighted by molar-refractivity contribution is 0.593. The molecule has 0 bridgehead atoms. The molecule has 1 atom stereocenters. The number of H-pyrrole nitrogens is 1. The van der Waals surface area contributed by atoms with Gasteiger partial charge in [0.2, 0.25) is 0 Å². The number of hydrogen-bond acceptors (Lipinski definition) is 3. The lowest BCUT2D eigenvalue weighted by atomic mass is 10.1. The fourth-order valence-corrected chi connectivity index (χ4v) is 1.98. The molecular formula is C13H10ClN3O2. The van der Waals surface area contributed by atoms with Crippen molar-refractivity contribution in [1.82, 2.24) is 9.55 Å². The highest BCUT2D eigenvalue weighted by Crippen LogP contribution is 2.19. The number of nitrogens with one attached hydrogen (secondary N) is 1. The minimum atomic E-state index is -0.679. The van der Waals surface area contributed by atoms with E-state index in [0.29, 0.717) is 5.02 Å². The topological polar surface area (TPSA) is 78.7 Å². The van der Waals surface area contributed by atoms with E-state index in [9.17, 15) is 9.59 Å². The molecule has 1 aromatic carbocycles. The van der Waals surface area contributed by atoms with Crippen LogP contribution >= 0.6 is 11.6 Å². The number of halogens is 1. The van der Waals surface area contributed by atoms with Gasteiger partial charge in [0.25, 0.3) is 5.56 Å². The summed E-state index contributed by atoms with van der Waals surface area (Å²) in [5.74, 6) is 0. The molecule has 0 aliphatic carbocycles. The SMILES string of the molecule is CC(c1cccc(Cl)c1)n1cc(C#N)c(=O)[nH]c1=O. The lowest BCUT2D eigenvalue weighted by Gasteiger charge is -2.15. The van der Waals surface area contributed by atoms with Crippen LogP contribution in [0.4, 0.5) is 0 Å². The molecule has 2 rings (SSSR count). The standard InChI is InChI=1S/C13H10ClN3O2/c1-8(9-3-2-4-11(14)5-9)17-7-10(6-15)12(18)16-13(17)19/h2-5,7-8H,1H3,(H,16,18,19). The minimum absolute atomic E-state index is 0.103. The summed E-state index contributed by atoms with van der Waals surface area (Å²) in [6.45, 7) is 1.78. The second-order valence-corrected chi connectivity index (χ2v) is 4.49. The van der Waals surface area contributed by atoms with Crippen LogP contribution in [0.2, 0.25) is 5.02 Å². The van der Waals surface area contributed by atoms with Crippen LogP contribution in [0.25, 0.3) is 0 Å². The smallest absolute Gasteiger partial charge is 0.292 e. The predicted molar refractivity (Wildman–Crippen MR) is 71.3 cm³/mol. The van der Waals surface area contributed by atoms with Crippen molar-refractivity contribution in [2.24, 2.45) is 0 Å². The van der Waals surface area contributed by atoms with Gasteiger partial charge in [0.1, 0.15) is 11.6 Å². The Morgan fingerprint density at radius 3 is 2.79 bits per heavy atom. The molecule has 0 radical (unpaired) electrons. The van der Waals surface area contributed by atoms with E-state index >= 15 is 0 Å². The zero-order chi connectivity index (χ0) is 14.0. The molecule has 0 aliphatic heterocycles. The van der Waals surface area contributed by atoms with Crippen LogP contribution in [-0.4, -0.2) is 9.55 Å². The molecule has 19 heavy (non-hydrogen) atoms. The van der Waals surface area contributed by atoms with Crippen molar-refractivity contribution in [3.05, 3.63) is 67.4 Å². The first-order chi connectivity index (χ1) is 9.02. The highest BCUT2D eigenvalue weighted by molar-refractivity contribution is 6.30. The number of aromatic amines is 1. The van der Waals surface area contributed by atoms with E-state index in [4.69, 9.17) is 16.9 Å². The van der Waals surface area contributed by atoms with Crippen LogP contribution in [0.1, 0.15) is 24.1 Å². The van der Waals surface area contributed by atoms with Crippen molar-refractivity contribution in [1.29, 1.82) is 5.26 Å². The fraction of sp³-hybridized carbons (Fsp3) is 0.154. The van der Waals surface area contributed by atoms with Crippen molar-refractivity contribution < 1.29 is 0 Å². The van der Waals surface area contributed by atoms with Gasteiger partial charge in [-0.15, -0.1) is 0 Å². The quantitative estimate of drug-likeness (QED) is 0.905. The largest absolute Gasteiger partial charge is 0.328 e.